The van der Waals surface area contributed by atoms with Crippen LogP contribution in [0.2, 0.25) is 0 Å². The standard InChI is InChI=1S/C13H13N5/c1-9-10(2)17-13(11-3-6-15-7-4-11)18-12(9)16-8-5-14/h3-4,6-7H,8H2,1-2H3,(H,16,17,18). The van der Waals surface area contributed by atoms with Crippen LogP contribution in [-0.4, -0.2) is 21.5 Å². The van der Waals surface area contributed by atoms with Gasteiger partial charge >= 0.3 is 0 Å². The summed E-state index contributed by atoms with van der Waals surface area (Å²) in [4.78, 5) is 12.9. The monoisotopic (exact) mass is 239 g/mol. The van der Waals surface area contributed by atoms with Crippen molar-refractivity contribution in [3.05, 3.63) is 35.8 Å². The van der Waals surface area contributed by atoms with Gasteiger partial charge in [-0.2, -0.15) is 5.26 Å². The summed E-state index contributed by atoms with van der Waals surface area (Å²) in [5.74, 6) is 1.34. The van der Waals surface area contributed by atoms with Crippen LogP contribution in [0.5, 0.6) is 0 Å². The molecule has 2 rings (SSSR count). The Kier molecular flexibility index (Phi) is 3.49. The first-order valence-corrected chi connectivity index (χ1v) is 5.59. The third kappa shape index (κ3) is 2.43. The summed E-state index contributed by atoms with van der Waals surface area (Å²) >= 11 is 0. The van der Waals surface area contributed by atoms with Crippen molar-refractivity contribution in [3.63, 3.8) is 0 Å². The van der Waals surface area contributed by atoms with Crippen LogP contribution in [0.3, 0.4) is 0 Å². The average molecular weight is 239 g/mol. The van der Waals surface area contributed by atoms with Crippen LogP contribution < -0.4 is 5.32 Å². The van der Waals surface area contributed by atoms with Crippen molar-refractivity contribution in [2.24, 2.45) is 0 Å². The molecule has 2 aromatic heterocycles. The fourth-order valence-electron chi connectivity index (χ4n) is 1.55. The van der Waals surface area contributed by atoms with Gasteiger partial charge in [-0.05, 0) is 26.0 Å². The number of nitriles is 1. The van der Waals surface area contributed by atoms with E-state index in [2.05, 4.69) is 20.3 Å². The molecule has 0 saturated heterocycles. The number of nitrogens with zero attached hydrogens (tertiary/aromatic N) is 4. The highest BCUT2D eigenvalue weighted by Gasteiger charge is 2.08. The summed E-state index contributed by atoms with van der Waals surface area (Å²) in [6, 6.07) is 5.76. The third-order valence-electron chi connectivity index (χ3n) is 2.66. The molecule has 5 heteroatoms. The fourth-order valence-corrected chi connectivity index (χ4v) is 1.55. The van der Waals surface area contributed by atoms with E-state index in [0.717, 1.165) is 16.8 Å². The molecule has 0 aliphatic rings. The Morgan fingerprint density at radius 2 is 1.94 bits per heavy atom. The number of rotatable bonds is 3. The molecular weight excluding hydrogens is 226 g/mol. The zero-order valence-electron chi connectivity index (χ0n) is 10.3. The molecule has 0 saturated carbocycles. The molecule has 0 unspecified atom stereocenters. The number of hydrogen-bond acceptors (Lipinski definition) is 5. The molecule has 0 fully saturated rings. The van der Waals surface area contributed by atoms with Crippen LogP contribution in [0, 0.1) is 25.2 Å². The molecule has 2 heterocycles. The Hall–Kier alpha value is -2.48. The van der Waals surface area contributed by atoms with Gasteiger partial charge in [-0.3, -0.25) is 4.98 Å². The van der Waals surface area contributed by atoms with Crippen LogP contribution in [-0.2, 0) is 0 Å². The normalized spacial score (nSPS) is 9.83. The SMILES string of the molecule is Cc1nc(-c2ccncc2)nc(NCC#N)c1C. The lowest BCUT2D eigenvalue weighted by atomic mass is 10.2. The van der Waals surface area contributed by atoms with Crippen LogP contribution in [0.25, 0.3) is 11.4 Å². The van der Waals surface area contributed by atoms with E-state index in [1.54, 1.807) is 12.4 Å². The second kappa shape index (κ2) is 5.23. The first-order chi connectivity index (χ1) is 8.72. The first-order valence-electron chi connectivity index (χ1n) is 5.59. The molecule has 0 aromatic carbocycles. The highest BCUT2D eigenvalue weighted by Crippen LogP contribution is 2.20. The van der Waals surface area contributed by atoms with Crippen molar-refractivity contribution in [1.29, 1.82) is 5.26 Å². The van der Waals surface area contributed by atoms with Gasteiger partial charge in [-0.25, -0.2) is 9.97 Å². The minimum absolute atomic E-state index is 0.229. The molecule has 5 nitrogen and oxygen atoms in total. The average Bonchev–Trinajstić information content (AvgIpc) is 2.41. The molecule has 0 atom stereocenters. The molecule has 2 aromatic rings. The minimum Gasteiger partial charge on any atom is -0.357 e. The van der Waals surface area contributed by atoms with Crippen LogP contribution in [0.15, 0.2) is 24.5 Å². The Balaban J connectivity index is 2.45. The summed E-state index contributed by atoms with van der Waals surface area (Å²) in [6.07, 6.45) is 3.41. The fraction of sp³-hybridized carbons (Fsp3) is 0.231. The third-order valence-corrected chi connectivity index (χ3v) is 2.66. The lowest BCUT2D eigenvalue weighted by molar-refractivity contribution is 1.06. The molecule has 90 valence electrons. The highest BCUT2D eigenvalue weighted by atomic mass is 15.0. The summed E-state index contributed by atoms with van der Waals surface area (Å²) < 4.78 is 0. The molecular formula is C13H13N5. The number of anilines is 1. The van der Waals surface area contributed by atoms with Crippen molar-refractivity contribution < 1.29 is 0 Å². The van der Waals surface area contributed by atoms with Gasteiger partial charge in [-0.15, -0.1) is 0 Å². The summed E-state index contributed by atoms with van der Waals surface area (Å²) in [5, 5.41) is 11.6. The first kappa shape index (κ1) is 12.0. The largest absolute Gasteiger partial charge is 0.357 e. The van der Waals surface area contributed by atoms with Gasteiger partial charge in [0.05, 0.1) is 6.07 Å². The van der Waals surface area contributed by atoms with Gasteiger partial charge in [-0.1, -0.05) is 0 Å². The summed E-state index contributed by atoms with van der Waals surface area (Å²) in [6.45, 7) is 4.09. The highest BCUT2D eigenvalue weighted by molar-refractivity contribution is 5.59. The lowest BCUT2D eigenvalue weighted by Gasteiger charge is -2.10. The van der Waals surface area contributed by atoms with Gasteiger partial charge in [0, 0.05) is 29.2 Å². The molecule has 0 aliphatic carbocycles. The predicted molar refractivity (Wildman–Crippen MR) is 68.8 cm³/mol. The van der Waals surface area contributed by atoms with Crippen LogP contribution in [0.1, 0.15) is 11.3 Å². The van der Waals surface area contributed by atoms with E-state index in [1.165, 1.54) is 0 Å². The Bertz CT molecular complexity index is 586. The molecule has 0 radical (unpaired) electrons. The number of nitrogens with one attached hydrogen (secondary N) is 1. The second-order valence-electron chi connectivity index (χ2n) is 3.85. The van der Waals surface area contributed by atoms with E-state index in [4.69, 9.17) is 5.26 Å². The topological polar surface area (TPSA) is 74.5 Å². The number of aromatic nitrogens is 3. The van der Waals surface area contributed by atoms with Crippen molar-refractivity contribution >= 4 is 5.82 Å². The molecule has 0 amide bonds. The maximum absolute atomic E-state index is 8.61. The van der Waals surface area contributed by atoms with Gasteiger partial charge < -0.3 is 5.32 Å². The molecule has 0 bridgehead atoms. The predicted octanol–water partition coefficient (Wildman–Crippen LogP) is 2.09. The number of aryl methyl sites for hydroxylation is 1. The minimum atomic E-state index is 0.229. The van der Waals surface area contributed by atoms with Gasteiger partial charge in [0.1, 0.15) is 12.4 Å². The van der Waals surface area contributed by atoms with Crippen LogP contribution >= 0.6 is 0 Å². The molecule has 18 heavy (non-hydrogen) atoms. The van der Waals surface area contributed by atoms with E-state index in [9.17, 15) is 0 Å². The van der Waals surface area contributed by atoms with E-state index < -0.39 is 0 Å². The Morgan fingerprint density at radius 1 is 1.22 bits per heavy atom. The maximum atomic E-state index is 8.61. The smallest absolute Gasteiger partial charge is 0.161 e. The van der Waals surface area contributed by atoms with Crippen molar-refractivity contribution in [2.45, 2.75) is 13.8 Å². The molecule has 0 aliphatic heterocycles. The van der Waals surface area contributed by atoms with Gasteiger partial charge in [0.25, 0.3) is 0 Å². The zero-order valence-corrected chi connectivity index (χ0v) is 10.3. The van der Waals surface area contributed by atoms with Gasteiger partial charge in [0.2, 0.25) is 0 Å². The van der Waals surface area contributed by atoms with E-state index in [0.29, 0.717) is 11.6 Å². The van der Waals surface area contributed by atoms with Crippen molar-refractivity contribution in [2.75, 3.05) is 11.9 Å². The Morgan fingerprint density at radius 3 is 2.61 bits per heavy atom. The molecule has 0 spiro atoms. The molecule has 1 N–H and O–H groups in total. The number of pyridine rings is 1. The second-order valence-corrected chi connectivity index (χ2v) is 3.85. The zero-order chi connectivity index (χ0) is 13.0. The van der Waals surface area contributed by atoms with E-state index in [1.807, 2.05) is 32.0 Å². The quantitative estimate of drug-likeness (QED) is 0.830. The van der Waals surface area contributed by atoms with E-state index >= 15 is 0 Å². The van der Waals surface area contributed by atoms with Crippen molar-refractivity contribution in [3.8, 4) is 17.5 Å². The van der Waals surface area contributed by atoms with Gasteiger partial charge in [0.15, 0.2) is 5.82 Å². The maximum Gasteiger partial charge on any atom is 0.161 e. The Labute approximate surface area is 106 Å². The summed E-state index contributed by atoms with van der Waals surface area (Å²) in [7, 11) is 0. The summed E-state index contributed by atoms with van der Waals surface area (Å²) in [5.41, 5.74) is 2.77. The van der Waals surface area contributed by atoms with Crippen LogP contribution in [0.4, 0.5) is 5.82 Å². The lowest BCUT2D eigenvalue weighted by Crippen LogP contribution is -2.07. The van der Waals surface area contributed by atoms with Crippen molar-refractivity contribution in [1.82, 2.24) is 15.0 Å². The number of hydrogen-bond donors (Lipinski definition) is 1. The van der Waals surface area contributed by atoms with E-state index in [-0.39, 0.29) is 6.54 Å².